The van der Waals surface area contributed by atoms with Gasteiger partial charge in [0.15, 0.2) is 16.6 Å². The second kappa shape index (κ2) is 5.09. The zero-order chi connectivity index (χ0) is 12.3. The van der Waals surface area contributed by atoms with Crippen LogP contribution in [0.1, 0.15) is 0 Å². The van der Waals surface area contributed by atoms with Crippen LogP contribution in [0, 0.1) is 0 Å². The second-order valence-corrected chi connectivity index (χ2v) is 18.8. The maximum absolute atomic E-state index is 6.26. The van der Waals surface area contributed by atoms with Gasteiger partial charge in [-0.3, -0.25) is 0 Å². The molecule has 15 heavy (non-hydrogen) atoms. The fourth-order valence-electron chi connectivity index (χ4n) is 1.66. The van der Waals surface area contributed by atoms with Crippen LogP contribution in [0.5, 0.6) is 0 Å². The van der Waals surface area contributed by atoms with Crippen LogP contribution in [0.3, 0.4) is 0 Å². The first-order valence-electron chi connectivity index (χ1n) is 5.49. The summed E-state index contributed by atoms with van der Waals surface area (Å²) in [5.74, 6) is 0. The molecule has 90 valence electrons. The van der Waals surface area contributed by atoms with Crippen molar-refractivity contribution in [2.24, 2.45) is 0 Å². The van der Waals surface area contributed by atoms with Crippen LogP contribution in [0.15, 0.2) is 12.7 Å². The van der Waals surface area contributed by atoms with E-state index in [0.29, 0.717) is 0 Å². The van der Waals surface area contributed by atoms with Crippen molar-refractivity contribution in [1.82, 2.24) is 0 Å². The third-order valence-corrected chi connectivity index (χ3v) is 10.9. The Labute approximate surface area is 98.2 Å². The Morgan fingerprint density at radius 1 is 0.867 bits per heavy atom. The van der Waals surface area contributed by atoms with Gasteiger partial charge in [0.1, 0.15) is 0 Å². The Balaban J connectivity index is 4.66. The predicted octanol–water partition coefficient (Wildman–Crippen LogP) is 3.95. The highest BCUT2D eigenvalue weighted by atomic mass is 28.5. The molecular formula is C10H26O2Si3. The molecule has 0 saturated carbocycles. The van der Waals surface area contributed by atoms with Gasteiger partial charge in [0, 0.05) is 6.04 Å². The quantitative estimate of drug-likeness (QED) is 0.533. The summed E-state index contributed by atoms with van der Waals surface area (Å²) in [6.45, 7) is 19.3. The average molecular weight is 263 g/mol. The summed E-state index contributed by atoms with van der Waals surface area (Å²) >= 11 is 0. The van der Waals surface area contributed by atoms with Gasteiger partial charge in [-0.25, -0.2) is 0 Å². The molecule has 0 unspecified atom stereocenters. The third-order valence-electron chi connectivity index (χ3n) is 1.56. The highest BCUT2D eigenvalue weighted by Gasteiger charge is 2.38. The monoisotopic (exact) mass is 262 g/mol. The molecule has 0 heterocycles. The Hall–Kier alpha value is 0.311. The molecule has 0 radical (unpaired) electrons. The molecule has 0 rings (SSSR count). The van der Waals surface area contributed by atoms with Gasteiger partial charge in [-0.1, -0.05) is 6.08 Å². The minimum atomic E-state index is -2.01. The molecule has 0 aromatic heterocycles. The first kappa shape index (κ1) is 15.3. The average Bonchev–Trinajstić information content (AvgIpc) is 1.74. The molecule has 0 bridgehead atoms. The van der Waals surface area contributed by atoms with Crippen LogP contribution < -0.4 is 0 Å². The lowest BCUT2D eigenvalue weighted by molar-refractivity contribution is 0.389. The Morgan fingerprint density at radius 2 is 1.20 bits per heavy atom. The van der Waals surface area contributed by atoms with Crippen molar-refractivity contribution < 1.29 is 8.23 Å². The van der Waals surface area contributed by atoms with E-state index in [1.807, 2.05) is 6.08 Å². The summed E-state index contributed by atoms with van der Waals surface area (Å²) in [5, 5.41) is 0. The summed E-state index contributed by atoms with van der Waals surface area (Å²) in [7, 11) is -5.05. The van der Waals surface area contributed by atoms with E-state index in [1.165, 1.54) is 0 Å². The highest BCUT2D eigenvalue weighted by molar-refractivity contribution is 6.87. The van der Waals surface area contributed by atoms with Crippen molar-refractivity contribution in [3.05, 3.63) is 12.7 Å². The Morgan fingerprint density at radius 3 is 1.40 bits per heavy atom. The van der Waals surface area contributed by atoms with Crippen LogP contribution in [0.25, 0.3) is 0 Å². The van der Waals surface area contributed by atoms with Gasteiger partial charge >= 0.3 is 8.56 Å². The zero-order valence-corrected chi connectivity index (χ0v) is 14.3. The molecule has 0 aromatic carbocycles. The molecule has 0 fully saturated rings. The van der Waals surface area contributed by atoms with E-state index < -0.39 is 25.2 Å². The van der Waals surface area contributed by atoms with Crippen LogP contribution in [0.2, 0.25) is 51.9 Å². The SMILES string of the molecule is C=CC[Si](C)(O[Si](C)(C)C)O[Si](C)(C)C. The lowest BCUT2D eigenvalue weighted by atomic mass is 10.8. The van der Waals surface area contributed by atoms with Gasteiger partial charge in [0.2, 0.25) is 0 Å². The van der Waals surface area contributed by atoms with Gasteiger partial charge < -0.3 is 8.23 Å². The fourth-order valence-corrected chi connectivity index (χ4v) is 13.8. The van der Waals surface area contributed by atoms with E-state index in [9.17, 15) is 0 Å². The van der Waals surface area contributed by atoms with Crippen molar-refractivity contribution >= 4 is 25.2 Å². The normalized spacial score (nSPS) is 14.1. The summed E-state index contributed by atoms with van der Waals surface area (Å²) in [6, 6.07) is 0.890. The highest BCUT2D eigenvalue weighted by Crippen LogP contribution is 2.24. The standard InChI is InChI=1S/C10H26O2Si3/c1-9-10-15(8,11-13(2,3)4)12-14(5,6)7/h9H,1,10H2,2-8H3. The maximum atomic E-state index is 6.26. The molecule has 0 saturated heterocycles. The second-order valence-electron chi connectivity index (χ2n) is 6.06. The molecule has 0 N–H and O–H groups in total. The largest absolute Gasteiger partial charge is 0.436 e. The van der Waals surface area contributed by atoms with Crippen LogP contribution in [-0.2, 0) is 8.23 Å². The topological polar surface area (TPSA) is 18.5 Å². The van der Waals surface area contributed by atoms with E-state index in [1.54, 1.807) is 0 Å². The van der Waals surface area contributed by atoms with Gasteiger partial charge in [-0.2, -0.15) is 0 Å². The molecule has 0 aliphatic heterocycles. The number of allylic oxidation sites excluding steroid dienone is 1. The van der Waals surface area contributed by atoms with Crippen LogP contribution in [0.4, 0.5) is 0 Å². The first-order valence-corrected chi connectivity index (χ1v) is 14.8. The lowest BCUT2D eigenvalue weighted by Gasteiger charge is -2.37. The summed E-state index contributed by atoms with van der Waals surface area (Å²) in [5.41, 5.74) is 0. The Bertz CT molecular complexity index is 200. The van der Waals surface area contributed by atoms with Crippen molar-refractivity contribution in [3.63, 3.8) is 0 Å². The number of hydrogen-bond donors (Lipinski definition) is 0. The molecule has 0 spiro atoms. The van der Waals surface area contributed by atoms with E-state index in [-0.39, 0.29) is 0 Å². The molecule has 5 heteroatoms. The maximum Gasteiger partial charge on any atom is 0.318 e. The number of hydrogen-bond acceptors (Lipinski definition) is 2. The van der Waals surface area contributed by atoms with Gasteiger partial charge in [-0.15, -0.1) is 6.58 Å². The predicted molar refractivity (Wildman–Crippen MR) is 75.5 cm³/mol. The molecular weight excluding hydrogens is 236 g/mol. The lowest BCUT2D eigenvalue weighted by Crippen LogP contribution is -2.52. The van der Waals surface area contributed by atoms with Crippen LogP contribution in [-0.4, -0.2) is 25.2 Å². The van der Waals surface area contributed by atoms with E-state index >= 15 is 0 Å². The minimum absolute atomic E-state index is 0.890. The van der Waals surface area contributed by atoms with E-state index in [2.05, 4.69) is 52.4 Å². The van der Waals surface area contributed by atoms with Gasteiger partial charge in [0.05, 0.1) is 0 Å². The smallest absolute Gasteiger partial charge is 0.318 e. The van der Waals surface area contributed by atoms with Gasteiger partial charge in [-0.05, 0) is 45.8 Å². The Kier molecular flexibility index (Phi) is 5.20. The summed E-state index contributed by atoms with van der Waals surface area (Å²) in [4.78, 5) is 0. The van der Waals surface area contributed by atoms with Crippen molar-refractivity contribution in [2.75, 3.05) is 0 Å². The molecule has 0 aliphatic carbocycles. The molecule has 0 aliphatic rings. The summed E-state index contributed by atoms with van der Waals surface area (Å²) in [6.07, 6.45) is 1.94. The minimum Gasteiger partial charge on any atom is -0.436 e. The third kappa shape index (κ3) is 8.15. The first-order chi connectivity index (χ1) is 6.47. The van der Waals surface area contributed by atoms with Crippen molar-refractivity contribution in [1.29, 1.82) is 0 Å². The van der Waals surface area contributed by atoms with E-state index in [4.69, 9.17) is 8.23 Å². The molecule has 2 nitrogen and oxygen atoms in total. The fraction of sp³-hybridized carbons (Fsp3) is 0.800. The van der Waals surface area contributed by atoms with Crippen LogP contribution >= 0.6 is 0 Å². The van der Waals surface area contributed by atoms with Gasteiger partial charge in [0.25, 0.3) is 0 Å². The molecule has 0 aromatic rings. The zero-order valence-electron chi connectivity index (χ0n) is 11.3. The number of rotatable bonds is 6. The van der Waals surface area contributed by atoms with Crippen molar-refractivity contribution in [3.8, 4) is 0 Å². The van der Waals surface area contributed by atoms with Crippen molar-refractivity contribution in [2.45, 2.75) is 51.9 Å². The molecule has 0 amide bonds. The summed E-state index contributed by atoms with van der Waals surface area (Å²) < 4.78 is 12.5. The van der Waals surface area contributed by atoms with E-state index in [0.717, 1.165) is 6.04 Å². The molecule has 0 atom stereocenters.